The summed E-state index contributed by atoms with van der Waals surface area (Å²) in [5.41, 5.74) is 2.17. The lowest BCUT2D eigenvalue weighted by atomic mass is 9.86. The summed E-state index contributed by atoms with van der Waals surface area (Å²) in [7, 11) is 0. The Balaban J connectivity index is 1.85. The number of hydrogen-bond acceptors (Lipinski definition) is 6. The summed E-state index contributed by atoms with van der Waals surface area (Å²) in [4.78, 5) is 30.2. The third kappa shape index (κ3) is 2.19. The number of aromatic hydroxyl groups is 1. The van der Waals surface area contributed by atoms with E-state index in [0.29, 0.717) is 46.4 Å². The van der Waals surface area contributed by atoms with Crippen LogP contribution in [-0.4, -0.2) is 25.7 Å². The van der Waals surface area contributed by atoms with Gasteiger partial charge in [0.1, 0.15) is 12.4 Å². The first kappa shape index (κ1) is 17.9. The summed E-state index contributed by atoms with van der Waals surface area (Å²) < 4.78 is 6.71. The lowest BCUT2D eigenvalue weighted by Gasteiger charge is -2.31. The summed E-state index contributed by atoms with van der Waals surface area (Å²) >= 11 is 0. The number of phenols is 1. The van der Waals surface area contributed by atoms with Gasteiger partial charge in [-0.2, -0.15) is 0 Å². The van der Waals surface area contributed by atoms with E-state index in [2.05, 4.69) is 0 Å². The largest absolute Gasteiger partial charge is 0.507 e. The summed E-state index contributed by atoms with van der Waals surface area (Å²) in [6.07, 6.45) is 0.774. The number of aryl methyl sites for hydroxylation is 1. The zero-order valence-corrected chi connectivity index (χ0v) is 16.2. The van der Waals surface area contributed by atoms with Crippen LogP contribution in [0.5, 0.6) is 5.75 Å². The van der Waals surface area contributed by atoms with Gasteiger partial charge in [-0.3, -0.25) is 4.79 Å². The third-order valence-corrected chi connectivity index (χ3v) is 6.16. The van der Waals surface area contributed by atoms with Crippen molar-refractivity contribution in [1.29, 1.82) is 0 Å². The van der Waals surface area contributed by atoms with Gasteiger partial charge in [-0.25, -0.2) is 9.78 Å². The molecule has 2 aromatic heterocycles. The number of ether oxygens (including phenoxy) is 1. The number of aromatic nitrogens is 2. The molecule has 0 aliphatic carbocycles. The third-order valence-electron chi connectivity index (χ3n) is 6.16. The van der Waals surface area contributed by atoms with Crippen molar-refractivity contribution in [2.75, 3.05) is 0 Å². The maximum absolute atomic E-state index is 13.2. The highest BCUT2D eigenvalue weighted by Gasteiger charge is 2.45. The molecule has 0 radical (unpaired) electrons. The van der Waals surface area contributed by atoms with Crippen molar-refractivity contribution in [2.45, 2.75) is 45.4 Å². The zero-order valence-electron chi connectivity index (χ0n) is 16.2. The summed E-state index contributed by atoms with van der Waals surface area (Å²) in [6, 6.07) is 6.89. The van der Waals surface area contributed by atoms with Gasteiger partial charge in [0, 0.05) is 16.5 Å². The molecule has 0 unspecified atom stereocenters. The van der Waals surface area contributed by atoms with Crippen molar-refractivity contribution < 1.29 is 19.7 Å². The number of aliphatic hydroxyl groups is 1. The van der Waals surface area contributed by atoms with E-state index < -0.39 is 11.6 Å². The van der Waals surface area contributed by atoms with Crippen LogP contribution >= 0.6 is 0 Å². The number of cyclic esters (lactones) is 1. The number of fused-ring (bicyclic) bond motifs is 5. The normalized spacial score (nSPS) is 19.6. The SMILES string of the molecule is CCc1c2c(nc3cccc(O)c13)-c1cc3c(c(=O)n1C2)COC(=O)[C@]3(O)CC. The van der Waals surface area contributed by atoms with Crippen LogP contribution in [0.1, 0.15) is 42.5 Å². The minimum Gasteiger partial charge on any atom is -0.507 e. The number of nitrogens with zero attached hydrogens (tertiary/aromatic N) is 2. The second-order valence-electron chi connectivity index (χ2n) is 7.55. The molecule has 0 amide bonds. The van der Waals surface area contributed by atoms with E-state index in [1.165, 1.54) is 0 Å². The molecule has 1 aromatic carbocycles. The fourth-order valence-corrected chi connectivity index (χ4v) is 4.60. The molecule has 0 saturated carbocycles. The monoisotopic (exact) mass is 392 g/mol. The Morgan fingerprint density at radius 2 is 2.03 bits per heavy atom. The van der Waals surface area contributed by atoms with Crippen molar-refractivity contribution >= 4 is 16.9 Å². The van der Waals surface area contributed by atoms with E-state index in [4.69, 9.17) is 9.72 Å². The molecule has 7 nitrogen and oxygen atoms in total. The Morgan fingerprint density at radius 1 is 1.24 bits per heavy atom. The standard InChI is InChI=1S/C22H20N2O5/c1-3-11-12-9-24-16(19(12)23-15-6-5-7-17(25)18(11)15)8-14-13(20(24)26)10-29-21(27)22(14,28)4-2/h5-8,25,28H,3-4,9-10H2,1-2H3/t22-/m0/s1. The molecule has 7 heteroatoms. The molecule has 29 heavy (non-hydrogen) atoms. The van der Waals surface area contributed by atoms with Gasteiger partial charge in [-0.15, -0.1) is 0 Å². The predicted octanol–water partition coefficient (Wildman–Crippen LogP) is 2.35. The van der Waals surface area contributed by atoms with Gasteiger partial charge in [0.25, 0.3) is 5.56 Å². The molecule has 1 atom stereocenters. The number of pyridine rings is 2. The zero-order chi connectivity index (χ0) is 20.5. The molecule has 5 rings (SSSR count). The number of rotatable bonds is 2. The van der Waals surface area contributed by atoms with Crippen LogP contribution in [0.3, 0.4) is 0 Å². The van der Waals surface area contributed by atoms with Gasteiger partial charge in [-0.1, -0.05) is 19.9 Å². The maximum Gasteiger partial charge on any atom is 0.343 e. The maximum atomic E-state index is 13.2. The minimum absolute atomic E-state index is 0.105. The Hall–Kier alpha value is -3.19. The molecule has 0 bridgehead atoms. The summed E-state index contributed by atoms with van der Waals surface area (Å²) in [5.74, 6) is -0.572. The Morgan fingerprint density at radius 3 is 2.76 bits per heavy atom. The van der Waals surface area contributed by atoms with Crippen molar-refractivity contribution in [3.8, 4) is 17.1 Å². The van der Waals surface area contributed by atoms with Crippen molar-refractivity contribution in [3.63, 3.8) is 0 Å². The Labute approximate surface area is 166 Å². The van der Waals surface area contributed by atoms with Crippen LogP contribution in [-0.2, 0) is 34.7 Å². The molecular weight excluding hydrogens is 372 g/mol. The van der Waals surface area contributed by atoms with Crippen LogP contribution in [0.4, 0.5) is 0 Å². The molecule has 0 spiro atoms. The fourth-order valence-electron chi connectivity index (χ4n) is 4.60. The average molecular weight is 392 g/mol. The first-order valence-corrected chi connectivity index (χ1v) is 9.71. The van der Waals surface area contributed by atoms with Gasteiger partial charge in [-0.05, 0) is 36.6 Å². The highest BCUT2D eigenvalue weighted by molar-refractivity contribution is 5.92. The van der Waals surface area contributed by atoms with E-state index in [1.54, 1.807) is 29.7 Å². The number of benzene rings is 1. The number of hydrogen-bond donors (Lipinski definition) is 2. The first-order valence-electron chi connectivity index (χ1n) is 9.71. The lowest BCUT2D eigenvalue weighted by Crippen LogP contribution is -2.44. The van der Waals surface area contributed by atoms with Crippen LogP contribution in [0, 0.1) is 0 Å². The van der Waals surface area contributed by atoms with E-state index in [9.17, 15) is 19.8 Å². The molecule has 2 aliphatic rings. The van der Waals surface area contributed by atoms with Crippen LogP contribution < -0.4 is 5.56 Å². The molecule has 148 valence electrons. The van der Waals surface area contributed by atoms with Crippen molar-refractivity contribution in [1.82, 2.24) is 9.55 Å². The van der Waals surface area contributed by atoms with E-state index >= 15 is 0 Å². The van der Waals surface area contributed by atoms with Gasteiger partial charge in [0.2, 0.25) is 0 Å². The second-order valence-corrected chi connectivity index (χ2v) is 7.55. The summed E-state index contributed by atoms with van der Waals surface area (Å²) in [6.45, 7) is 3.86. The molecule has 0 saturated heterocycles. The smallest absolute Gasteiger partial charge is 0.343 e. The van der Waals surface area contributed by atoms with Crippen molar-refractivity contribution in [3.05, 3.63) is 56.9 Å². The number of phenolic OH excluding ortho intramolecular Hbond substituents is 1. The number of carbonyl (C=O) groups excluding carboxylic acids is 1. The van der Waals surface area contributed by atoms with Crippen LogP contribution in [0.25, 0.3) is 22.3 Å². The van der Waals surface area contributed by atoms with Gasteiger partial charge < -0.3 is 19.5 Å². The van der Waals surface area contributed by atoms with Crippen LogP contribution in [0.15, 0.2) is 29.1 Å². The molecule has 4 heterocycles. The Kier molecular flexibility index (Phi) is 3.64. The average Bonchev–Trinajstić information content (AvgIpc) is 3.08. The quantitative estimate of drug-likeness (QED) is 0.508. The van der Waals surface area contributed by atoms with E-state index in [-0.39, 0.29) is 24.3 Å². The number of carbonyl (C=O) groups is 1. The van der Waals surface area contributed by atoms with Gasteiger partial charge >= 0.3 is 5.97 Å². The fraction of sp³-hybridized carbons (Fsp3) is 0.318. The van der Waals surface area contributed by atoms with Crippen LogP contribution in [0.2, 0.25) is 0 Å². The highest BCUT2D eigenvalue weighted by atomic mass is 16.6. The lowest BCUT2D eigenvalue weighted by molar-refractivity contribution is -0.172. The highest BCUT2D eigenvalue weighted by Crippen LogP contribution is 2.41. The molecule has 2 aliphatic heterocycles. The molecule has 2 N–H and O–H groups in total. The topological polar surface area (TPSA) is 102 Å². The van der Waals surface area contributed by atoms with E-state index in [0.717, 1.165) is 11.1 Å². The summed E-state index contributed by atoms with van der Waals surface area (Å²) in [5, 5.41) is 22.0. The van der Waals surface area contributed by atoms with Gasteiger partial charge in [0.15, 0.2) is 5.60 Å². The predicted molar refractivity (Wildman–Crippen MR) is 106 cm³/mol. The minimum atomic E-state index is -1.84. The molecule has 3 aromatic rings. The molecular formula is C22H20N2O5. The second kappa shape index (κ2) is 5.90. The Bertz CT molecular complexity index is 1280. The number of esters is 1. The van der Waals surface area contributed by atoms with Gasteiger partial charge in [0.05, 0.1) is 29.0 Å². The molecule has 0 fully saturated rings. The van der Waals surface area contributed by atoms with Crippen molar-refractivity contribution in [2.24, 2.45) is 0 Å². The van der Waals surface area contributed by atoms with E-state index in [1.807, 2.05) is 13.0 Å². The first-order chi connectivity index (χ1) is 13.9.